The molecule has 6 heteroatoms. The molecule has 1 saturated heterocycles. The average Bonchev–Trinajstić information content (AvgIpc) is 2.74. The normalized spacial score (nSPS) is 15.7. The molecule has 1 aliphatic rings. The van der Waals surface area contributed by atoms with E-state index in [1.54, 1.807) is 4.90 Å². The van der Waals surface area contributed by atoms with Gasteiger partial charge >= 0.3 is 0 Å². The maximum Gasteiger partial charge on any atom is 0.252 e. The summed E-state index contributed by atoms with van der Waals surface area (Å²) < 4.78 is 10.5. The third-order valence-corrected chi connectivity index (χ3v) is 2.60. The van der Waals surface area contributed by atoms with Crippen LogP contribution in [0.1, 0.15) is 18.6 Å². The molecule has 0 spiro atoms. The van der Waals surface area contributed by atoms with Crippen molar-refractivity contribution >= 4 is 5.91 Å². The summed E-state index contributed by atoms with van der Waals surface area (Å²) >= 11 is 0. The minimum Gasteiger partial charge on any atom is -0.365 e. The lowest BCUT2D eigenvalue weighted by Gasteiger charge is -2.37. The van der Waals surface area contributed by atoms with Gasteiger partial charge in [-0.05, 0) is 6.08 Å². The van der Waals surface area contributed by atoms with E-state index < -0.39 is 0 Å². The SMILES string of the molecule is C=CC(=O)N1CC(OCc2nc(CC)no2)C1. The number of carbonyl (C=O) groups excluding carboxylic acids is 1. The lowest BCUT2D eigenvalue weighted by atomic mass is 10.1. The molecule has 1 fully saturated rings. The summed E-state index contributed by atoms with van der Waals surface area (Å²) in [7, 11) is 0. The molecule has 0 aliphatic carbocycles. The van der Waals surface area contributed by atoms with Crippen LogP contribution in [0.3, 0.4) is 0 Å². The number of hydrogen-bond acceptors (Lipinski definition) is 5. The molecule has 2 rings (SSSR count). The van der Waals surface area contributed by atoms with E-state index in [0.29, 0.717) is 31.4 Å². The van der Waals surface area contributed by atoms with Gasteiger partial charge in [0, 0.05) is 19.5 Å². The lowest BCUT2D eigenvalue weighted by Crippen LogP contribution is -2.54. The highest BCUT2D eigenvalue weighted by molar-refractivity contribution is 5.87. The number of hydrogen-bond donors (Lipinski definition) is 0. The number of ether oxygens (including phenoxy) is 1. The van der Waals surface area contributed by atoms with Gasteiger partial charge in [0.15, 0.2) is 5.82 Å². The van der Waals surface area contributed by atoms with E-state index in [2.05, 4.69) is 16.7 Å². The Bertz CT molecular complexity index is 410. The zero-order valence-electron chi connectivity index (χ0n) is 9.76. The van der Waals surface area contributed by atoms with Crippen molar-refractivity contribution in [2.45, 2.75) is 26.1 Å². The Balaban J connectivity index is 1.71. The monoisotopic (exact) mass is 237 g/mol. The van der Waals surface area contributed by atoms with Crippen LogP contribution in [0.15, 0.2) is 17.2 Å². The average molecular weight is 237 g/mol. The maximum atomic E-state index is 11.2. The van der Waals surface area contributed by atoms with E-state index in [4.69, 9.17) is 9.26 Å². The summed E-state index contributed by atoms with van der Waals surface area (Å²) in [6.07, 6.45) is 2.10. The van der Waals surface area contributed by atoms with Crippen molar-refractivity contribution in [1.29, 1.82) is 0 Å². The number of aryl methyl sites for hydroxylation is 1. The minimum atomic E-state index is -0.0593. The second kappa shape index (κ2) is 5.09. The number of nitrogens with zero attached hydrogens (tertiary/aromatic N) is 3. The van der Waals surface area contributed by atoms with Crippen LogP contribution >= 0.6 is 0 Å². The van der Waals surface area contributed by atoms with Crippen molar-refractivity contribution in [1.82, 2.24) is 15.0 Å². The zero-order chi connectivity index (χ0) is 12.3. The molecule has 2 heterocycles. The summed E-state index contributed by atoms with van der Waals surface area (Å²) in [5.41, 5.74) is 0. The van der Waals surface area contributed by atoms with Crippen molar-refractivity contribution in [2.75, 3.05) is 13.1 Å². The molecule has 0 unspecified atom stereocenters. The van der Waals surface area contributed by atoms with Crippen molar-refractivity contribution in [2.24, 2.45) is 0 Å². The largest absolute Gasteiger partial charge is 0.365 e. The highest BCUT2D eigenvalue weighted by Crippen LogP contribution is 2.13. The fourth-order valence-corrected chi connectivity index (χ4v) is 1.53. The van der Waals surface area contributed by atoms with Crippen LogP contribution in [0.4, 0.5) is 0 Å². The molecule has 1 aliphatic heterocycles. The molecule has 1 aromatic heterocycles. The standard InChI is InChI=1S/C11H15N3O3/c1-3-9-12-10(17-13-9)7-16-8-5-14(6-8)11(15)4-2/h4,8H,2-3,5-7H2,1H3. The Hall–Kier alpha value is -1.69. The molecule has 17 heavy (non-hydrogen) atoms. The van der Waals surface area contributed by atoms with Gasteiger partial charge in [0.2, 0.25) is 5.91 Å². The Morgan fingerprint density at radius 1 is 1.71 bits per heavy atom. The molecule has 1 amide bonds. The smallest absolute Gasteiger partial charge is 0.252 e. The zero-order valence-corrected chi connectivity index (χ0v) is 9.76. The minimum absolute atomic E-state index is 0.0517. The molecule has 0 atom stereocenters. The number of likely N-dealkylation sites (tertiary alicyclic amines) is 1. The van der Waals surface area contributed by atoms with Gasteiger partial charge in [-0.15, -0.1) is 0 Å². The second-order valence-electron chi connectivity index (χ2n) is 3.84. The van der Waals surface area contributed by atoms with E-state index in [1.807, 2.05) is 6.92 Å². The van der Waals surface area contributed by atoms with E-state index in [9.17, 15) is 4.79 Å². The van der Waals surface area contributed by atoms with Crippen LogP contribution in [0.2, 0.25) is 0 Å². The number of rotatable bonds is 5. The molecule has 0 radical (unpaired) electrons. The number of carbonyl (C=O) groups is 1. The first kappa shape index (κ1) is 11.8. The van der Waals surface area contributed by atoms with Gasteiger partial charge in [-0.25, -0.2) is 0 Å². The van der Waals surface area contributed by atoms with Gasteiger partial charge < -0.3 is 14.2 Å². The Morgan fingerprint density at radius 3 is 3.06 bits per heavy atom. The van der Waals surface area contributed by atoms with Crippen molar-refractivity contribution in [3.05, 3.63) is 24.4 Å². The molecule has 0 N–H and O–H groups in total. The van der Waals surface area contributed by atoms with E-state index in [-0.39, 0.29) is 12.0 Å². The van der Waals surface area contributed by atoms with Gasteiger partial charge in [0.25, 0.3) is 5.89 Å². The van der Waals surface area contributed by atoms with Crippen LogP contribution in [0.5, 0.6) is 0 Å². The Kier molecular flexibility index (Phi) is 3.53. The van der Waals surface area contributed by atoms with Crippen molar-refractivity contribution in [3.63, 3.8) is 0 Å². The molecular weight excluding hydrogens is 222 g/mol. The second-order valence-corrected chi connectivity index (χ2v) is 3.84. The Labute approximate surface area is 99.2 Å². The fourth-order valence-electron chi connectivity index (χ4n) is 1.53. The fraction of sp³-hybridized carbons (Fsp3) is 0.545. The van der Waals surface area contributed by atoms with Crippen LogP contribution in [0, 0.1) is 0 Å². The topological polar surface area (TPSA) is 68.5 Å². The molecule has 1 aromatic rings. The lowest BCUT2D eigenvalue weighted by molar-refractivity contribution is -0.141. The Morgan fingerprint density at radius 2 is 2.47 bits per heavy atom. The van der Waals surface area contributed by atoms with Gasteiger partial charge in [-0.1, -0.05) is 18.7 Å². The van der Waals surface area contributed by atoms with Crippen LogP contribution in [-0.2, 0) is 22.6 Å². The van der Waals surface area contributed by atoms with Crippen LogP contribution in [0.25, 0.3) is 0 Å². The summed E-state index contributed by atoms with van der Waals surface area (Å²) in [4.78, 5) is 17.0. The molecule has 0 aromatic carbocycles. The highest BCUT2D eigenvalue weighted by Gasteiger charge is 2.30. The first-order valence-electron chi connectivity index (χ1n) is 5.57. The van der Waals surface area contributed by atoms with E-state index in [1.165, 1.54) is 6.08 Å². The van der Waals surface area contributed by atoms with Gasteiger partial charge in [0.05, 0.1) is 6.10 Å². The quantitative estimate of drug-likeness (QED) is 0.699. The molecule has 92 valence electrons. The summed E-state index contributed by atoms with van der Waals surface area (Å²) in [5.74, 6) is 1.10. The molecular formula is C11H15N3O3. The van der Waals surface area contributed by atoms with Crippen LogP contribution < -0.4 is 0 Å². The van der Waals surface area contributed by atoms with Gasteiger partial charge in [-0.3, -0.25) is 4.79 Å². The first-order chi connectivity index (χ1) is 8.22. The van der Waals surface area contributed by atoms with Crippen molar-refractivity contribution < 1.29 is 14.1 Å². The van der Waals surface area contributed by atoms with E-state index >= 15 is 0 Å². The van der Waals surface area contributed by atoms with Crippen LogP contribution in [-0.4, -0.2) is 40.1 Å². The van der Waals surface area contributed by atoms with E-state index in [0.717, 1.165) is 6.42 Å². The number of aromatic nitrogens is 2. The summed E-state index contributed by atoms with van der Waals surface area (Å²) in [6.45, 7) is 6.88. The third-order valence-electron chi connectivity index (χ3n) is 2.60. The summed E-state index contributed by atoms with van der Waals surface area (Å²) in [5, 5.41) is 3.77. The van der Waals surface area contributed by atoms with Gasteiger partial charge in [-0.2, -0.15) is 4.98 Å². The molecule has 0 saturated carbocycles. The maximum absolute atomic E-state index is 11.2. The van der Waals surface area contributed by atoms with Crippen molar-refractivity contribution in [3.8, 4) is 0 Å². The van der Waals surface area contributed by atoms with Gasteiger partial charge in [0.1, 0.15) is 6.61 Å². The highest BCUT2D eigenvalue weighted by atomic mass is 16.5. The predicted molar refractivity (Wildman–Crippen MR) is 59.0 cm³/mol. The molecule has 0 bridgehead atoms. The molecule has 6 nitrogen and oxygen atoms in total. The number of amides is 1. The predicted octanol–water partition coefficient (Wildman–Crippen LogP) is 0.545. The third kappa shape index (κ3) is 2.71. The first-order valence-corrected chi connectivity index (χ1v) is 5.57. The summed E-state index contributed by atoms with van der Waals surface area (Å²) in [6, 6.07) is 0.